The van der Waals surface area contributed by atoms with E-state index in [1.165, 1.54) is 27.7 Å². The van der Waals surface area contributed by atoms with Crippen LogP contribution in [0.15, 0.2) is 46.9 Å². The minimum atomic E-state index is 0.826. The first-order chi connectivity index (χ1) is 10.1. The number of fused-ring (bicyclic) bond motifs is 1. The fourth-order valence-electron chi connectivity index (χ4n) is 2.78. The number of aryl methyl sites for hydroxylation is 3. The van der Waals surface area contributed by atoms with Crippen molar-refractivity contribution in [1.29, 1.82) is 0 Å². The molecular weight excluding hydrogens is 324 g/mol. The number of nitrogens with zero attached hydrogens (tertiary/aromatic N) is 1. The molecule has 0 bridgehead atoms. The Bertz CT molecular complexity index is 763. The first kappa shape index (κ1) is 14.2. The van der Waals surface area contributed by atoms with Crippen LogP contribution >= 0.6 is 15.9 Å². The van der Waals surface area contributed by atoms with Crippen LogP contribution in [0.25, 0.3) is 10.9 Å². The van der Waals surface area contributed by atoms with Crippen molar-refractivity contribution in [1.82, 2.24) is 4.57 Å². The third-order valence-corrected chi connectivity index (χ3v) is 4.99. The summed E-state index contributed by atoms with van der Waals surface area (Å²) in [7, 11) is 2.14. The summed E-state index contributed by atoms with van der Waals surface area (Å²) >= 11 is 3.58. The number of benzene rings is 2. The van der Waals surface area contributed by atoms with Crippen LogP contribution in [-0.2, 0) is 13.6 Å². The molecule has 0 aliphatic heterocycles. The quantitative estimate of drug-likeness (QED) is 0.694. The van der Waals surface area contributed by atoms with E-state index in [9.17, 15) is 0 Å². The third-order valence-electron chi connectivity index (χ3n) is 4.14. The van der Waals surface area contributed by atoms with Gasteiger partial charge in [0.15, 0.2) is 0 Å². The molecule has 1 heterocycles. The highest BCUT2D eigenvalue weighted by Gasteiger charge is 2.10. The van der Waals surface area contributed by atoms with Gasteiger partial charge in [0.05, 0.1) is 6.54 Å². The molecule has 2 aromatic carbocycles. The molecule has 0 atom stereocenters. The summed E-state index contributed by atoms with van der Waals surface area (Å²) in [4.78, 5) is 0. The average Bonchev–Trinajstić information content (AvgIpc) is 2.73. The Hall–Kier alpha value is -1.74. The lowest BCUT2D eigenvalue weighted by molar-refractivity contribution is 0.862. The maximum atomic E-state index is 3.58. The Morgan fingerprint density at radius 1 is 1.10 bits per heavy atom. The molecule has 21 heavy (non-hydrogen) atoms. The van der Waals surface area contributed by atoms with Gasteiger partial charge in [-0.05, 0) is 43.2 Å². The Balaban J connectivity index is 1.90. The topological polar surface area (TPSA) is 17.0 Å². The van der Waals surface area contributed by atoms with Crippen molar-refractivity contribution in [2.24, 2.45) is 7.05 Å². The monoisotopic (exact) mass is 342 g/mol. The van der Waals surface area contributed by atoms with Gasteiger partial charge in [0.2, 0.25) is 0 Å². The van der Waals surface area contributed by atoms with Crippen molar-refractivity contribution in [3.63, 3.8) is 0 Å². The van der Waals surface area contributed by atoms with Crippen LogP contribution in [0.3, 0.4) is 0 Å². The van der Waals surface area contributed by atoms with E-state index in [1.54, 1.807) is 0 Å². The molecule has 0 saturated heterocycles. The summed E-state index contributed by atoms with van der Waals surface area (Å²) in [5.74, 6) is 0. The van der Waals surface area contributed by atoms with E-state index in [1.807, 2.05) is 0 Å². The van der Waals surface area contributed by atoms with E-state index in [0.29, 0.717) is 0 Å². The second-order valence-electron chi connectivity index (χ2n) is 5.47. The van der Waals surface area contributed by atoms with E-state index < -0.39 is 0 Å². The van der Waals surface area contributed by atoms with Crippen molar-refractivity contribution in [2.75, 3.05) is 5.32 Å². The molecule has 0 spiro atoms. The molecule has 1 aromatic heterocycles. The second-order valence-corrected chi connectivity index (χ2v) is 6.32. The van der Waals surface area contributed by atoms with Gasteiger partial charge >= 0.3 is 0 Å². The molecule has 0 radical (unpaired) electrons. The molecule has 0 amide bonds. The Morgan fingerprint density at radius 3 is 2.57 bits per heavy atom. The molecule has 3 rings (SSSR count). The Kier molecular flexibility index (Phi) is 3.77. The number of aromatic nitrogens is 1. The van der Waals surface area contributed by atoms with Gasteiger partial charge in [-0.3, -0.25) is 0 Å². The zero-order valence-electron chi connectivity index (χ0n) is 12.6. The highest BCUT2D eigenvalue weighted by Crippen LogP contribution is 2.26. The van der Waals surface area contributed by atoms with Crippen molar-refractivity contribution in [3.8, 4) is 0 Å². The van der Waals surface area contributed by atoms with E-state index in [2.05, 4.69) is 89.2 Å². The number of rotatable bonds is 3. The molecule has 0 fully saturated rings. The lowest BCUT2D eigenvalue weighted by atomic mass is 10.1. The minimum absolute atomic E-state index is 0.826. The van der Waals surface area contributed by atoms with E-state index >= 15 is 0 Å². The van der Waals surface area contributed by atoms with Crippen LogP contribution < -0.4 is 5.32 Å². The summed E-state index contributed by atoms with van der Waals surface area (Å²) in [6.45, 7) is 5.12. The molecule has 0 aliphatic carbocycles. The molecule has 0 aliphatic rings. The maximum absolute atomic E-state index is 3.58. The van der Waals surface area contributed by atoms with Crippen molar-refractivity contribution in [2.45, 2.75) is 20.4 Å². The number of anilines is 1. The van der Waals surface area contributed by atoms with Crippen molar-refractivity contribution < 1.29 is 0 Å². The molecule has 0 unspecified atom stereocenters. The predicted molar refractivity (Wildman–Crippen MR) is 93.9 cm³/mol. The van der Waals surface area contributed by atoms with Gasteiger partial charge in [-0.1, -0.05) is 40.2 Å². The van der Waals surface area contributed by atoms with Crippen LogP contribution in [0.2, 0.25) is 0 Å². The Morgan fingerprint density at radius 2 is 1.86 bits per heavy atom. The predicted octanol–water partition coefficient (Wildman–Crippen LogP) is 5.17. The number of nitrogens with one attached hydrogen (secondary N) is 1. The molecule has 3 aromatic rings. The van der Waals surface area contributed by atoms with Crippen LogP contribution in [0.1, 0.15) is 16.8 Å². The third kappa shape index (κ3) is 2.58. The highest BCUT2D eigenvalue weighted by atomic mass is 79.9. The SMILES string of the molecule is Cc1ccc(NCc2c(C)c3ccccc3n2C)cc1Br. The number of hydrogen-bond acceptors (Lipinski definition) is 1. The van der Waals surface area contributed by atoms with E-state index in [-0.39, 0.29) is 0 Å². The summed E-state index contributed by atoms with van der Waals surface area (Å²) < 4.78 is 3.42. The average molecular weight is 343 g/mol. The highest BCUT2D eigenvalue weighted by molar-refractivity contribution is 9.10. The smallest absolute Gasteiger partial charge is 0.0556 e. The zero-order chi connectivity index (χ0) is 15.0. The summed E-state index contributed by atoms with van der Waals surface area (Å²) in [5, 5.41) is 4.86. The number of hydrogen-bond donors (Lipinski definition) is 1. The van der Waals surface area contributed by atoms with Crippen molar-refractivity contribution in [3.05, 3.63) is 63.8 Å². The van der Waals surface area contributed by atoms with E-state index in [0.717, 1.165) is 16.7 Å². The van der Waals surface area contributed by atoms with Crippen LogP contribution in [-0.4, -0.2) is 4.57 Å². The fourth-order valence-corrected chi connectivity index (χ4v) is 3.15. The molecular formula is C18H19BrN2. The molecule has 2 nitrogen and oxygen atoms in total. The summed E-state index contributed by atoms with van der Waals surface area (Å²) in [5.41, 5.74) is 6.36. The van der Waals surface area contributed by atoms with Gasteiger partial charge in [-0.25, -0.2) is 0 Å². The molecule has 0 saturated carbocycles. The van der Waals surface area contributed by atoms with Gasteiger partial charge in [0.25, 0.3) is 0 Å². The molecule has 3 heteroatoms. The van der Waals surface area contributed by atoms with Crippen molar-refractivity contribution >= 4 is 32.5 Å². The first-order valence-electron chi connectivity index (χ1n) is 7.11. The largest absolute Gasteiger partial charge is 0.379 e. The van der Waals surface area contributed by atoms with Gasteiger partial charge in [-0.15, -0.1) is 0 Å². The lowest BCUT2D eigenvalue weighted by Crippen LogP contribution is -2.05. The summed E-state index contributed by atoms with van der Waals surface area (Å²) in [6, 6.07) is 14.9. The van der Waals surface area contributed by atoms with Crippen LogP contribution in [0, 0.1) is 13.8 Å². The van der Waals surface area contributed by atoms with Crippen LogP contribution in [0.5, 0.6) is 0 Å². The van der Waals surface area contributed by atoms with E-state index in [4.69, 9.17) is 0 Å². The molecule has 1 N–H and O–H groups in total. The summed E-state index contributed by atoms with van der Waals surface area (Å²) in [6.07, 6.45) is 0. The van der Waals surface area contributed by atoms with Gasteiger partial charge in [0.1, 0.15) is 0 Å². The van der Waals surface area contributed by atoms with Gasteiger partial charge in [-0.2, -0.15) is 0 Å². The number of halogens is 1. The standard InChI is InChI=1S/C18H19BrN2/c1-12-8-9-14(10-16(12)19)20-11-18-13(2)15-6-4-5-7-17(15)21(18)3/h4-10,20H,11H2,1-3H3. The zero-order valence-corrected chi connectivity index (χ0v) is 14.2. The normalized spacial score (nSPS) is 11.0. The Labute approximate surface area is 133 Å². The number of para-hydroxylation sites is 1. The van der Waals surface area contributed by atoms with Gasteiger partial charge in [0, 0.05) is 33.8 Å². The maximum Gasteiger partial charge on any atom is 0.0556 e. The second kappa shape index (κ2) is 5.57. The first-order valence-corrected chi connectivity index (χ1v) is 7.90. The minimum Gasteiger partial charge on any atom is -0.379 e. The lowest BCUT2D eigenvalue weighted by Gasteiger charge is -2.10. The molecule has 108 valence electrons. The van der Waals surface area contributed by atoms with Gasteiger partial charge < -0.3 is 9.88 Å². The van der Waals surface area contributed by atoms with Crippen LogP contribution in [0.4, 0.5) is 5.69 Å². The fraction of sp³-hybridized carbons (Fsp3) is 0.222.